The number of benzene rings is 1. The van der Waals surface area contributed by atoms with Gasteiger partial charge in [0.05, 0.1) is 16.8 Å². The summed E-state index contributed by atoms with van der Waals surface area (Å²) in [5, 5.41) is 0.754. The molecule has 29 heavy (non-hydrogen) atoms. The van der Waals surface area contributed by atoms with E-state index in [1.807, 2.05) is 38.6 Å². The van der Waals surface area contributed by atoms with Crippen molar-refractivity contribution in [3.63, 3.8) is 0 Å². The highest BCUT2D eigenvalue weighted by atomic mass is 32.2. The predicted octanol–water partition coefficient (Wildman–Crippen LogP) is 3.54. The molecule has 1 aromatic heterocycles. The Morgan fingerprint density at radius 2 is 1.72 bits per heavy atom. The lowest BCUT2D eigenvalue weighted by atomic mass is 9.98. The van der Waals surface area contributed by atoms with Gasteiger partial charge in [-0.25, -0.2) is 4.98 Å². The molecule has 0 saturated carbocycles. The maximum absolute atomic E-state index is 12.9. The van der Waals surface area contributed by atoms with E-state index in [0.29, 0.717) is 17.8 Å². The molecule has 3 heterocycles. The van der Waals surface area contributed by atoms with Crippen molar-refractivity contribution in [2.45, 2.75) is 69.7 Å². The highest BCUT2D eigenvalue weighted by Crippen LogP contribution is 2.27. The van der Waals surface area contributed by atoms with Gasteiger partial charge in [0, 0.05) is 25.2 Å². The Kier molecular flexibility index (Phi) is 6.13. The van der Waals surface area contributed by atoms with Crippen LogP contribution in [0.5, 0.6) is 0 Å². The topological polar surface area (TPSA) is 58.4 Å². The summed E-state index contributed by atoms with van der Waals surface area (Å²) >= 11 is 1.45. The first-order valence-electron chi connectivity index (χ1n) is 10.7. The quantitative estimate of drug-likeness (QED) is 0.702. The molecular formula is C22H30N4O2S. The molecule has 2 amide bonds. The number of aromatic nitrogens is 2. The fraction of sp³-hybridized carbons (Fsp3) is 0.591. The monoisotopic (exact) mass is 414 g/mol. The molecule has 0 aliphatic carbocycles. The standard InChI is InChI=1S/C22H30N4O2S/c1-16-8-7-9-17(2)26(16)21(28)15-29-22-23-18-10-3-4-11-19(18)25(22)14-20(27)24-12-5-6-13-24/h3-4,10-11,16-17H,5-9,12-15H2,1-2H3/t16-,17-/m1/s1. The minimum Gasteiger partial charge on any atom is -0.341 e. The number of imidazole rings is 1. The second-order valence-corrected chi connectivity index (χ2v) is 9.22. The molecule has 1 aromatic carbocycles. The van der Waals surface area contributed by atoms with Gasteiger partial charge < -0.3 is 14.4 Å². The summed E-state index contributed by atoms with van der Waals surface area (Å²) in [6.45, 7) is 6.26. The molecule has 0 spiro atoms. The lowest BCUT2D eigenvalue weighted by molar-refractivity contribution is -0.134. The molecule has 2 saturated heterocycles. The summed E-state index contributed by atoms with van der Waals surface area (Å²) in [4.78, 5) is 34.4. The van der Waals surface area contributed by atoms with Crippen LogP contribution in [-0.4, -0.2) is 62.1 Å². The summed E-state index contributed by atoms with van der Waals surface area (Å²) in [7, 11) is 0. The number of likely N-dealkylation sites (tertiary alicyclic amines) is 2. The van der Waals surface area contributed by atoms with Crippen LogP contribution >= 0.6 is 11.8 Å². The summed E-state index contributed by atoms with van der Waals surface area (Å²) < 4.78 is 1.98. The van der Waals surface area contributed by atoms with Crippen molar-refractivity contribution in [3.05, 3.63) is 24.3 Å². The molecule has 4 rings (SSSR count). The Morgan fingerprint density at radius 3 is 2.45 bits per heavy atom. The number of fused-ring (bicyclic) bond motifs is 1. The number of thioether (sulfide) groups is 1. The molecule has 6 nitrogen and oxygen atoms in total. The Morgan fingerprint density at radius 1 is 1.03 bits per heavy atom. The fourth-order valence-corrected chi connectivity index (χ4v) is 5.52. The number of piperidine rings is 1. The van der Waals surface area contributed by atoms with E-state index >= 15 is 0 Å². The molecule has 156 valence electrons. The smallest absolute Gasteiger partial charge is 0.242 e. The van der Waals surface area contributed by atoms with Crippen LogP contribution in [0.2, 0.25) is 0 Å². The van der Waals surface area contributed by atoms with E-state index < -0.39 is 0 Å². The number of hydrogen-bond donors (Lipinski definition) is 0. The van der Waals surface area contributed by atoms with Crippen LogP contribution in [0.25, 0.3) is 11.0 Å². The van der Waals surface area contributed by atoms with Crippen LogP contribution in [0.1, 0.15) is 46.0 Å². The van der Waals surface area contributed by atoms with Crippen molar-refractivity contribution in [2.75, 3.05) is 18.8 Å². The summed E-state index contributed by atoms with van der Waals surface area (Å²) in [6, 6.07) is 8.48. The van der Waals surface area contributed by atoms with Gasteiger partial charge in [-0.15, -0.1) is 0 Å². The van der Waals surface area contributed by atoms with E-state index in [9.17, 15) is 9.59 Å². The van der Waals surface area contributed by atoms with Gasteiger partial charge in [-0.2, -0.15) is 0 Å². The molecule has 0 bridgehead atoms. The molecular weight excluding hydrogens is 384 g/mol. The maximum Gasteiger partial charge on any atom is 0.242 e. The van der Waals surface area contributed by atoms with Gasteiger partial charge in [-0.1, -0.05) is 23.9 Å². The first-order valence-corrected chi connectivity index (χ1v) is 11.7. The average Bonchev–Trinajstić information content (AvgIpc) is 3.35. The highest BCUT2D eigenvalue weighted by Gasteiger charge is 2.29. The van der Waals surface area contributed by atoms with Gasteiger partial charge in [0.25, 0.3) is 0 Å². The number of amides is 2. The van der Waals surface area contributed by atoms with Crippen LogP contribution in [0.3, 0.4) is 0 Å². The molecule has 2 aliphatic heterocycles. The maximum atomic E-state index is 12.9. The van der Waals surface area contributed by atoms with Crippen LogP contribution in [0, 0.1) is 0 Å². The van der Waals surface area contributed by atoms with E-state index in [1.165, 1.54) is 18.2 Å². The third-order valence-electron chi connectivity index (χ3n) is 6.18. The predicted molar refractivity (Wildman–Crippen MR) is 116 cm³/mol. The Hall–Kier alpha value is -2.02. The van der Waals surface area contributed by atoms with Crippen LogP contribution < -0.4 is 0 Å². The van der Waals surface area contributed by atoms with E-state index in [4.69, 9.17) is 4.98 Å². The lowest BCUT2D eigenvalue weighted by Gasteiger charge is -2.39. The SMILES string of the molecule is C[C@@H]1CCC[C@@H](C)N1C(=O)CSc1nc2ccccc2n1CC(=O)N1CCCC1. The van der Waals surface area contributed by atoms with Crippen molar-refractivity contribution in [3.8, 4) is 0 Å². The summed E-state index contributed by atoms with van der Waals surface area (Å²) in [6.07, 6.45) is 5.50. The van der Waals surface area contributed by atoms with Crippen molar-refractivity contribution in [1.82, 2.24) is 19.4 Å². The van der Waals surface area contributed by atoms with Gasteiger partial charge in [-0.05, 0) is 58.1 Å². The second-order valence-electron chi connectivity index (χ2n) is 8.28. The first kappa shape index (κ1) is 20.3. The average molecular weight is 415 g/mol. The van der Waals surface area contributed by atoms with Crippen LogP contribution in [-0.2, 0) is 16.1 Å². The van der Waals surface area contributed by atoms with Crippen molar-refractivity contribution in [2.24, 2.45) is 0 Å². The summed E-state index contributed by atoms with van der Waals surface area (Å²) in [5.74, 6) is 0.659. The number of rotatable bonds is 5. The van der Waals surface area contributed by atoms with Gasteiger partial charge >= 0.3 is 0 Å². The molecule has 0 unspecified atom stereocenters. The van der Waals surface area contributed by atoms with Gasteiger partial charge in [-0.3, -0.25) is 9.59 Å². The largest absolute Gasteiger partial charge is 0.341 e. The molecule has 0 N–H and O–H groups in total. The van der Waals surface area contributed by atoms with Gasteiger partial charge in [0.15, 0.2) is 5.16 Å². The minimum absolute atomic E-state index is 0.136. The molecule has 2 aromatic rings. The second kappa shape index (κ2) is 8.78. The molecule has 2 atom stereocenters. The lowest BCUT2D eigenvalue weighted by Crippen LogP contribution is -2.48. The van der Waals surface area contributed by atoms with Gasteiger partial charge in [0.2, 0.25) is 11.8 Å². The van der Waals surface area contributed by atoms with E-state index in [2.05, 4.69) is 13.8 Å². The fourth-order valence-electron chi connectivity index (χ4n) is 4.63. The van der Waals surface area contributed by atoms with E-state index in [-0.39, 0.29) is 18.4 Å². The Balaban J connectivity index is 1.52. The minimum atomic E-state index is 0.136. The van der Waals surface area contributed by atoms with Crippen LogP contribution in [0.15, 0.2) is 29.4 Å². The zero-order valence-electron chi connectivity index (χ0n) is 17.3. The molecule has 2 fully saturated rings. The third kappa shape index (κ3) is 4.29. The normalized spacial score (nSPS) is 22.4. The molecule has 2 aliphatic rings. The number of carbonyl (C=O) groups is 2. The van der Waals surface area contributed by atoms with Gasteiger partial charge in [0.1, 0.15) is 6.54 Å². The third-order valence-corrected chi connectivity index (χ3v) is 7.14. The highest BCUT2D eigenvalue weighted by molar-refractivity contribution is 7.99. The van der Waals surface area contributed by atoms with E-state index in [0.717, 1.165) is 55.0 Å². The number of para-hydroxylation sites is 2. The van der Waals surface area contributed by atoms with Crippen molar-refractivity contribution in [1.29, 1.82) is 0 Å². The number of nitrogens with zero attached hydrogens (tertiary/aromatic N) is 4. The zero-order valence-corrected chi connectivity index (χ0v) is 18.2. The zero-order chi connectivity index (χ0) is 20.4. The van der Waals surface area contributed by atoms with E-state index in [1.54, 1.807) is 0 Å². The number of carbonyl (C=O) groups excluding carboxylic acids is 2. The first-order chi connectivity index (χ1) is 14.0. The Labute approximate surface area is 176 Å². The van der Waals surface area contributed by atoms with Crippen molar-refractivity contribution >= 4 is 34.6 Å². The number of hydrogen-bond acceptors (Lipinski definition) is 4. The van der Waals surface area contributed by atoms with Crippen LogP contribution in [0.4, 0.5) is 0 Å². The van der Waals surface area contributed by atoms with Crippen molar-refractivity contribution < 1.29 is 9.59 Å². The molecule has 0 radical (unpaired) electrons. The summed E-state index contributed by atoms with van der Waals surface area (Å²) in [5.41, 5.74) is 1.83. The Bertz CT molecular complexity index is 880. The molecule has 7 heteroatoms.